The third kappa shape index (κ3) is 1.35. The summed E-state index contributed by atoms with van der Waals surface area (Å²) in [6.45, 7) is 0. The first-order chi connectivity index (χ1) is 6.22. The molecule has 2 heterocycles. The number of methoxy groups -OCH3 is 1. The Morgan fingerprint density at radius 3 is 3.00 bits per heavy atom. The van der Waals surface area contributed by atoms with E-state index in [4.69, 9.17) is 4.74 Å². The van der Waals surface area contributed by atoms with Crippen LogP contribution in [0.1, 0.15) is 19.3 Å². The highest BCUT2D eigenvalue weighted by Gasteiger charge is 2.45. The second-order valence-corrected chi connectivity index (χ2v) is 3.54. The van der Waals surface area contributed by atoms with Gasteiger partial charge in [-0.3, -0.25) is 9.59 Å². The molecule has 0 spiro atoms. The Labute approximate surface area is 76.2 Å². The van der Waals surface area contributed by atoms with E-state index in [9.17, 15) is 9.59 Å². The van der Waals surface area contributed by atoms with Gasteiger partial charge in [-0.1, -0.05) is 0 Å². The van der Waals surface area contributed by atoms with Crippen molar-refractivity contribution in [3.8, 4) is 0 Å². The molecule has 4 nitrogen and oxygen atoms in total. The zero-order valence-electron chi connectivity index (χ0n) is 7.49. The minimum absolute atomic E-state index is 0.0896. The molecule has 0 aromatic rings. The molecule has 2 aliphatic heterocycles. The summed E-state index contributed by atoms with van der Waals surface area (Å²) in [4.78, 5) is 22.8. The van der Waals surface area contributed by atoms with Gasteiger partial charge in [0.25, 0.3) is 0 Å². The van der Waals surface area contributed by atoms with Gasteiger partial charge in [-0.2, -0.15) is 0 Å². The minimum atomic E-state index is -0.573. The van der Waals surface area contributed by atoms with Crippen molar-refractivity contribution in [2.45, 2.75) is 31.5 Å². The number of carbonyl (C=O) groups is 2. The average molecular weight is 184 g/mol. The molecule has 2 rings (SSSR count). The van der Waals surface area contributed by atoms with Gasteiger partial charge < -0.3 is 9.47 Å². The van der Waals surface area contributed by atoms with Crippen LogP contribution in [-0.2, 0) is 19.1 Å². The number of ketones is 1. The van der Waals surface area contributed by atoms with E-state index in [1.807, 2.05) is 0 Å². The van der Waals surface area contributed by atoms with Crippen LogP contribution in [0, 0.1) is 5.92 Å². The van der Waals surface area contributed by atoms with Gasteiger partial charge in [0.2, 0.25) is 0 Å². The van der Waals surface area contributed by atoms with E-state index in [0.29, 0.717) is 6.42 Å². The Balaban J connectivity index is 2.13. The van der Waals surface area contributed by atoms with E-state index >= 15 is 0 Å². The third-order valence-corrected chi connectivity index (χ3v) is 2.75. The predicted octanol–water partition coefficient (Wildman–Crippen LogP) is 0.296. The maximum atomic E-state index is 11.6. The Bertz CT molecular complexity index is 248. The van der Waals surface area contributed by atoms with Crippen molar-refractivity contribution in [3.63, 3.8) is 0 Å². The Morgan fingerprint density at radius 1 is 1.54 bits per heavy atom. The third-order valence-electron chi connectivity index (χ3n) is 2.75. The predicted molar refractivity (Wildman–Crippen MR) is 43.0 cm³/mol. The van der Waals surface area contributed by atoms with Gasteiger partial charge in [0.1, 0.15) is 12.0 Å². The van der Waals surface area contributed by atoms with E-state index < -0.39 is 11.9 Å². The molecule has 2 saturated heterocycles. The van der Waals surface area contributed by atoms with Crippen molar-refractivity contribution in [2.75, 3.05) is 7.11 Å². The van der Waals surface area contributed by atoms with Gasteiger partial charge >= 0.3 is 5.97 Å². The molecule has 0 radical (unpaired) electrons. The lowest BCUT2D eigenvalue weighted by Crippen LogP contribution is -2.40. The summed E-state index contributed by atoms with van der Waals surface area (Å²) in [6.07, 6.45) is 1.90. The first-order valence-corrected chi connectivity index (χ1v) is 4.49. The molecule has 4 heteroatoms. The van der Waals surface area contributed by atoms with E-state index in [2.05, 4.69) is 4.74 Å². The molecule has 13 heavy (non-hydrogen) atoms. The summed E-state index contributed by atoms with van der Waals surface area (Å²) < 4.78 is 9.95. The maximum Gasteiger partial charge on any atom is 0.316 e. The number of Topliss-reactive ketones (excluding diaryl/α,β-unsaturated/α-hetero) is 1. The lowest BCUT2D eigenvalue weighted by molar-refractivity contribution is -0.159. The van der Waals surface area contributed by atoms with Crippen molar-refractivity contribution >= 4 is 11.8 Å². The highest BCUT2D eigenvalue weighted by Crippen LogP contribution is 2.33. The van der Waals surface area contributed by atoms with Crippen LogP contribution in [0.5, 0.6) is 0 Å². The number of hydrogen-bond acceptors (Lipinski definition) is 4. The second kappa shape index (κ2) is 3.10. The summed E-state index contributed by atoms with van der Waals surface area (Å²) in [5, 5.41) is 0. The van der Waals surface area contributed by atoms with Crippen LogP contribution < -0.4 is 0 Å². The van der Waals surface area contributed by atoms with Crippen LogP contribution in [0.3, 0.4) is 0 Å². The summed E-state index contributed by atoms with van der Waals surface area (Å²) in [7, 11) is 1.31. The highest BCUT2D eigenvalue weighted by molar-refractivity contribution is 6.02. The van der Waals surface area contributed by atoms with E-state index in [-0.39, 0.29) is 18.0 Å². The van der Waals surface area contributed by atoms with Crippen LogP contribution in [0.2, 0.25) is 0 Å². The molecule has 0 aliphatic carbocycles. The van der Waals surface area contributed by atoms with Crippen LogP contribution in [0.15, 0.2) is 0 Å². The van der Waals surface area contributed by atoms with Crippen LogP contribution >= 0.6 is 0 Å². The number of hydrogen-bond donors (Lipinski definition) is 0. The van der Waals surface area contributed by atoms with Crippen LogP contribution in [0.4, 0.5) is 0 Å². The van der Waals surface area contributed by atoms with Gasteiger partial charge in [0, 0.05) is 0 Å². The smallest absolute Gasteiger partial charge is 0.316 e. The van der Waals surface area contributed by atoms with Gasteiger partial charge in [-0.25, -0.2) is 0 Å². The van der Waals surface area contributed by atoms with Crippen molar-refractivity contribution in [3.05, 3.63) is 0 Å². The molecule has 0 aromatic carbocycles. The first-order valence-electron chi connectivity index (χ1n) is 4.49. The first kappa shape index (κ1) is 8.69. The lowest BCUT2D eigenvalue weighted by atomic mass is 9.94. The van der Waals surface area contributed by atoms with Gasteiger partial charge in [-0.05, 0) is 19.3 Å². The molecule has 0 amide bonds. The number of esters is 1. The monoisotopic (exact) mass is 184 g/mol. The van der Waals surface area contributed by atoms with Crippen molar-refractivity contribution in [2.24, 2.45) is 5.92 Å². The average Bonchev–Trinajstić information content (AvgIpc) is 2.55. The zero-order chi connectivity index (χ0) is 9.42. The number of ether oxygens (including phenoxy) is 2. The normalized spacial score (nSPS) is 37.6. The zero-order valence-corrected chi connectivity index (χ0v) is 7.49. The number of carbonyl (C=O) groups excluding carboxylic acids is 2. The van der Waals surface area contributed by atoms with Gasteiger partial charge in [0.15, 0.2) is 5.78 Å². The van der Waals surface area contributed by atoms with E-state index in [0.717, 1.165) is 12.8 Å². The molecule has 2 fully saturated rings. The van der Waals surface area contributed by atoms with E-state index in [1.165, 1.54) is 7.11 Å². The molecule has 0 saturated carbocycles. The molecule has 72 valence electrons. The minimum Gasteiger partial charge on any atom is -0.468 e. The summed E-state index contributed by atoms with van der Waals surface area (Å²) in [5.74, 6) is -1.08. The molecular weight excluding hydrogens is 172 g/mol. The highest BCUT2D eigenvalue weighted by atomic mass is 16.5. The van der Waals surface area contributed by atoms with Crippen LogP contribution in [-0.4, -0.2) is 31.1 Å². The van der Waals surface area contributed by atoms with Gasteiger partial charge in [-0.15, -0.1) is 0 Å². The molecular formula is C9H12O4. The fourth-order valence-corrected chi connectivity index (χ4v) is 2.05. The molecule has 2 bridgehead atoms. The quantitative estimate of drug-likeness (QED) is 0.434. The molecule has 3 atom stereocenters. The lowest BCUT2D eigenvalue weighted by Gasteiger charge is -2.24. The Kier molecular flexibility index (Phi) is 2.07. The van der Waals surface area contributed by atoms with E-state index in [1.54, 1.807) is 0 Å². The summed E-state index contributed by atoms with van der Waals surface area (Å²) >= 11 is 0. The molecule has 2 aliphatic rings. The second-order valence-electron chi connectivity index (χ2n) is 3.54. The van der Waals surface area contributed by atoms with Gasteiger partial charge in [0.05, 0.1) is 13.2 Å². The van der Waals surface area contributed by atoms with Crippen molar-refractivity contribution in [1.82, 2.24) is 0 Å². The van der Waals surface area contributed by atoms with Crippen molar-refractivity contribution in [1.29, 1.82) is 0 Å². The molecule has 0 N–H and O–H groups in total. The fourth-order valence-electron chi connectivity index (χ4n) is 2.05. The van der Waals surface area contributed by atoms with Crippen LogP contribution in [0.25, 0.3) is 0 Å². The van der Waals surface area contributed by atoms with Crippen molar-refractivity contribution < 1.29 is 19.1 Å². The number of rotatable bonds is 1. The Morgan fingerprint density at radius 2 is 2.31 bits per heavy atom. The summed E-state index contributed by atoms with van der Waals surface area (Å²) in [6, 6.07) is 0. The number of fused-ring (bicyclic) bond motifs is 2. The molecule has 0 unspecified atom stereocenters. The largest absolute Gasteiger partial charge is 0.468 e. The maximum absolute atomic E-state index is 11.6. The fraction of sp³-hybridized carbons (Fsp3) is 0.778. The Hall–Kier alpha value is -0.900. The standard InChI is InChI=1S/C9H12O4/c1-12-9(11)6-4-5-2-3-7(13-5)8(6)10/h5-7H,2-4H2,1H3/t5-,6+,7-/m1/s1. The SMILES string of the molecule is COC(=O)[C@H]1C[C@H]2CC[C@@H](O2)C1=O. The summed E-state index contributed by atoms with van der Waals surface area (Å²) in [5.41, 5.74) is 0. The topological polar surface area (TPSA) is 52.6 Å². The molecule has 0 aromatic heterocycles.